The third kappa shape index (κ3) is 7.31. The molecule has 0 spiro atoms. The predicted molar refractivity (Wildman–Crippen MR) is 126 cm³/mol. The molecule has 0 heterocycles. The zero-order valence-electron chi connectivity index (χ0n) is 19.0. The number of hydrogen-bond donors (Lipinski definition) is 1. The van der Waals surface area contributed by atoms with E-state index >= 15 is 0 Å². The van der Waals surface area contributed by atoms with Crippen LogP contribution in [0, 0.1) is 0 Å². The zero-order chi connectivity index (χ0) is 23.4. The number of hydrogen-bond acceptors (Lipinski definition) is 4. The second kappa shape index (κ2) is 9.77. The van der Waals surface area contributed by atoms with Gasteiger partial charge in [-0.05, 0) is 46.2 Å². The Hall–Kier alpha value is -2.47. The Morgan fingerprint density at radius 1 is 0.839 bits per heavy atom. The second-order valence-electron chi connectivity index (χ2n) is 9.57. The molecule has 0 bridgehead atoms. The summed E-state index contributed by atoms with van der Waals surface area (Å²) in [6.07, 6.45) is 0. The fourth-order valence-electron chi connectivity index (χ4n) is 2.80. The Labute approximate surface area is 192 Å². The minimum absolute atomic E-state index is 0.122. The van der Waals surface area contributed by atoms with Crippen LogP contribution in [0.2, 0.25) is 0 Å². The van der Waals surface area contributed by atoms with Gasteiger partial charge in [0, 0.05) is 15.6 Å². The number of amides is 1. The lowest BCUT2D eigenvalue weighted by molar-refractivity contribution is -0.141. The monoisotopic (exact) mass is 487 g/mol. The number of Topliss-reactive ketones (excluding diaryl/α,β-unsaturated/α-hetero) is 1. The molecule has 0 radical (unpaired) electrons. The molecule has 5 nitrogen and oxygen atoms in total. The maximum atomic E-state index is 12.7. The first kappa shape index (κ1) is 24.8. The van der Waals surface area contributed by atoms with Crippen molar-refractivity contribution in [3.05, 3.63) is 69.2 Å². The van der Waals surface area contributed by atoms with E-state index in [4.69, 9.17) is 4.74 Å². The van der Waals surface area contributed by atoms with E-state index < -0.39 is 5.97 Å². The summed E-state index contributed by atoms with van der Waals surface area (Å²) in [6, 6.07) is 12.6. The largest absolute Gasteiger partial charge is 0.456 e. The highest BCUT2D eigenvalue weighted by Gasteiger charge is 2.22. The molecule has 1 amide bonds. The third-order valence-corrected chi connectivity index (χ3v) is 5.38. The highest BCUT2D eigenvalue weighted by Crippen LogP contribution is 2.30. The SMILES string of the molecule is CC(C)(C)c1cc(C(=O)NCC(=O)OCC(=O)c2ccc(Br)cc2)cc(C(C)(C)C)c1. The van der Waals surface area contributed by atoms with Gasteiger partial charge in [-0.3, -0.25) is 14.4 Å². The summed E-state index contributed by atoms with van der Waals surface area (Å²) < 4.78 is 5.87. The standard InChI is InChI=1S/C25H30BrNO4/c1-24(2,3)18-11-17(12-19(13-18)25(4,5)6)23(30)27-14-22(29)31-15-21(28)16-7-9-20(26)10-8-16/h7-13H,14-15H2,1-6H3,(H,27,30). The van der Waals surface area contributed by atoms with Gasteiger partial charge in [0.1, 0.15) is 6.54 Å². The molecular weight excluding hydrogens is 458 g/mol. The topological polar surface area (TPSA) is 72.5 Å². The van der Waals surface area contributed by atoms with Crippen LogP contribution in [0.4, 0.5) is 0 Å². The van der Waals surface area contributed by atoms with Crippen molar-refractivity contribution in [1.29, 1.82) is 0 Å². The lowest BCUT2D eigenvalue weighted by atomic mass is 9.79. The summed E-state index contributed by atoms with van der Waals surface area (Å²) in [6.45, 7) is 11.9. The number of ether oxygens (including phenoxy) is 1. The molecule has 1 N–H and O–H groups in total. The first-order chi connectivity index (χ1) is 14.3. The van der Waals surface area contributed by atoms with E-state index in [1.807, 2.05) is 12.1 Å². The van der Waals surface area contributed by atoms with Crippen LogP contribution in [0.5, 0.6) is 0 Å². The van der Waals surface area contributed by atoms with E-state index in [1.165, 1.54) is 0 Å². The average Bonchev–Trinajstić information content (AvgIpc) is 2.69. The normalized spacial score (nSPS) is 11.7. The van der Waals surface area contributed by atoms with Crippen molar-refractivity contribution in [2.24, 2.45) is 0 Å². The van der Waals surface area contributed by atoms with Gasteiger partial charge in [0.2, 0.25) is 0 Å². The first-order valence-corrected chi connectivity index (χ1v) is 11.0. The summed E-state index contributed by atoms with van der Waals surface area (Å²) in [5.41, 5.74) is 2.80. The van der Waals surface area contributed by atoms with E-state index in [0.29, 0.717) is 11.1 Å². The molecule has 166 valence electrons. The molecule has 2 rings (SSSR count). The molecule has 2 aromatic carbocycles. The molecule has 0 aliphatic heterocycles. The van der Waals surface area contributed by atoms with Crippen molar-refractivity contribution in [1.82, 2.24) is 5.32 Å². The van der Waals surface area contributed by atoms with E-state index in [1.54, 1.807) is 24.3 Å². The summed E-state index contributed by atoms with van der Waals surface area (Å²) >= 11 is 3.30. The van der Waals surface area contributed by atoms with Crippen LogP contribution in [0.1, 0.15) is 73.4 Å². The van der Waals surface area contributed by atoms with Gasteiger partial charge in [0.05, 0.1) is 0 Å². The second-order valence-corrected chi connectivity index (χ2v) is 10.5. The molecule has 31 heavy (non-hydrogen) atoms. The van der Waals surface area contributed by atoms with Gasteiger partial charge in [0.15, 0.2) is 12.4 Å². The first-order valence-electron chi connectivity index (χ1n) is 10.2. The van der Waals surface area contributed by atoms with Gasteiger partial charge < -0.3 is 10.1 Å². The fourth-order valence-corrected chi connectivity index (χ4v) is 3.06. The van der Waals surface area contributed by atoms with Crippen molar-refractivity contribution in [2.45, 2.75) is 52.4 Å². The zero-order valence-corrected chi connectivity index (χ0v) is 20.6. The molecule has 0 unspecified atom stereocenters. The Morgan fingerprint density at radius 2 is 1.35 bits per heavy atom. The minimum atomic E-state index is -0.665. The maximum Gasteiger partial charge on any atom is 0.325 e. The number of esters is 1. The van der Waals surface area contributed by atoms with Crippen LogP contribution < -0.4 is 5.32 Å². The van der Waals surface area contributed by atoms with Crippen LogP contribution in [0.25, 0.3) is 0 Å². The van der Waals surface area contributed by atoms with E-state index in [-0.39, 0.29) is 35.7 Å². The number of rotatable bonds is 6. The molecule has 2 aromatic rings. The van der Waals surface area contributed by atoms with Gasteiger partial charge in [-0.25, -0.2) is 0 Å². The number of carbonyl (C=O) groups excluding carboxylic acids is 3. The summed E-state index contributed by atoms with van der Waals surface area (Å²) in [5.74, 6) is -1.32. The summed E-state index contributed by atoms with van der Waals surface area (Å²) in [4.78, 5) is 36.8. The van der Waals surface area contributed by atoms with Crippen molar-refractivity contribution < 1.29 is 19.1 Å². The molecule has 0 fully saturated rings. The van der Waals surface area contributed by atoms with Crippen molar-refractivity contribution in [3.8, 4) is 0 Å². The highest BCUT2D eigenvalue weighted by atomic mass is 79.9. The molecule has 0 saturated heterocycles. The van der Waals surface area contributed by atoms with Gasteiger partial charge in [-0.1, -0.05) is 75.7 Å². The Bertz CT molecular complexity index is 934. The summed E-state index contributed by atoms with van der Waals surface area (Å²) in [7, 11) is 0. The Morgan fingerprint density at radius 3 is 1.84 bits per heavy atom. The minimum Gasteiger partial charge on any atom is -0.456 e. The van der Waals surface area contributed by atoms with Crippen LogP contribution in [0.15, 0.2) is 46.9 Å². The third-order valence-electron chi connectivity index (χ3n) is 4.85. The Kier molecular flexibility index (Phi) is 7.82. The van der Waals surface area contributed by atoms with Gasteiger partial charge in [0.25, 0.3) is 5.91 Å². The fraction of sp³-hybridized carbons (Fsp3) is 0.400. The van der Waals surface area contributed by atoms with E-state index in [2.05, 4.69) is 68.9 Å². The van der Waals surface area contributed by atoms with Crippen molar-refractivity contribution in [2.75, 3.05) is 13.2 Å². The molecule has 0 atom stereocenters. The Balaban J connectivity index is 2.00. The molecule has 0 aromatic heterocycles. The van der Waals surface area contributed by atoms with E-state index in [9.17, 15) is 14.4 Å². The van der Waals surface area contributed by atoms with Gasteiger partial charge in [-0.15, -0.1) is 0 Å². The van der Waals surface area contributed by atoms with Crippen LogP contribution >= 0.6 is 15.9 Å². The van der Waals surface area contributed by atoms with E-state index in [0.717, 1.165) is 15.6 Å². The number of benzene rings is 2. The maximum absolute atomic E-state index is 12.7. The average molecular weight is 488 g/mol. The molecule has 0 saturated carbocycles. The lowest BCUT2D eigenvalue weighted by Crippen LogP contribution is -2.32. The number of halogens is 1. The number of carbonyl (C=O) groups is 3. The summed E-state index contributed by atoms with van der Waals surface area (Å²) in [5, 5.41) is 2.60. The molecular formula is C25H30BrNO4. The molecule has 0 aliphatic carbocycles. The van der Waals surface area contributed by atoms with Crippen LogP contribution in [-0.2, 0) is 20.4 Å². The van der Waals surface area contributed by atoms with Crippen LogP contribution in [0.3, 0.4) is 0 Å². The predicted octanol–water partition coefficient (Wildman–Crippen LogP) is 5.20. The number of nitrogens with one attached hydrogen (secondary N) is 1. The smallest absolute Gasteiger partial charge is 0.325 e. The van der Waals surface area contributed by atoms with Gasteiger partial charge >= 0.3 is 5.97 Å². The lowest BCUT2D eigenvalue weighted by Gasteiger charge is -2.26. The highest BCUT2D eigenvalue weighted by molar-refractivity contribution is 9.10. The molecule has 6 heteroatoms. The number of ketones is 1. The van der Waals surface area contributed by atoms with Gasteiger partial charge in [-0.2, -0.15) is 0 Å². The quantitative estimate of drug-likeness (QED) is 0.448. The van der Waals surface area contributed by atoms with Crippen LogP contribution in [-0.4, -0.2) is 30.8 Å². The molecule has 0 aliphatic rings. The van der Waals surface area contributed by atoms with Crippen molar-refractivity contribution in [3.63, 3.8) is 0 Å². The van der Waals surface area contributed by atoms with Crippen molar-refractivity contribution >= 4 is 33.6 Å².